The lowest BCUT2D eigenvalue weighted by Crippen LogP contribution is -2.20. The van der Waals surface area contributed by atoms with Crippen molar-refractivity contribution >= 4 is 39.0 Å². The summed E-state index contributed by atoms with van der Waals surface area (Å²) < 4.78 is 1.18. The first-order chi connectivity index (χ1) is 14.7. The van der Waals surface area contributed by atoms with Crippen molar-refractivity contribution in [3.63, 3.8) is 0 Å². The van der Waals surface area contributed by atoms with Crippen LogP contribution in [0, 0.1) is 6.92 Å². The van der Waals surface area contributed by atoms with Crippen molar-refractivity contribution in [3.05, 3.63) is 65.9 Å². The molecule has 0 radical (unpaired) electrons. The van der Waals surface area contributed by atoms with Crippen LogP contribution in [0.25, 0.3) is 20.8 Å². The van der Waals surface area contributed by atoms with Gasteiger partial charge < -0.3 is 10.2 Å². The minimum atomic E-state index is -0.265. The minimum absolute atomic E-state index is 0.265. The number of fused-ring (bicyclic) bond motifs is 1. The molecule has 1 N–H and O–H groups in total. The fraction of sp³-hybridized carbons (Fsp3) is 0.217. The quantitative estimate of drug-likeness (QED) is 0.513. The minimum Gasteiger partial charge on any atom is -0.355 e. The molecule has 0 bridgehead atoms. The number of amides is 1. The van der Waals surface area contributed by atoms with Crippen molar-refractivity contribution < 1.29 is 4.79 Å². The van der Waals surface area contributed by atoms with Crippen molar-refractivity contribution in [1.29, 1.82) is 0 Å². The molecule has 0 spiro atoms. The summed E-state index contributed by atoms with van der Waals surface area (Å²) in [5, 5.41) is 12.2. The summed E-state index contributed by atoms with van der Waals surface area (Å²) in [6.45, 7) is 4.09. The van der Waals surface area contributed by atoms with E-state index in [4.69, 9.17) is 4.98 Å². The molecule has 3 heterocycles. The number of aromatic nitrogens is 3. The monoisotopic (exact) mass is 415 g/mol. The highest BCUT2D eigenvalue weighted by Crippen LogP contribution is 2.31. The van der Waals surface area contributed by atoms with E-state index in [1.54, 1.807) is 17.4 Å². The Morgan fingerprint density at radius 2 is 1.80 bits per heavy atom. The van der Waals surface area contributed by atoms with Gasteiger partial charge in [0.2, 0.25) is 0 Å². The van der Waals surface area contributed by atoms with Gasteiger partial charge in [0.1, 0.15) is 5.01 Å². The summed E-state index contributed by atoms with van der Waals surface area (Å²) >= 11 is 1.67. The molecule has 1 aliphatic rings. The normalized spacial score (nSPS) is 13.7. The number of hydrogen-bond donors (Lipinski definition) is 1. The van der Waals surface area contributed by atoms with E-state index in [1.807, 2.05) is 30.3 Å². The molecule has 150 valence electrons. The zero-order chi connectivity index (χ0) is 20.5. The van der Waals surface area contributed by atoms with E-state index in [0.717, 1.165) is 35.0 Å². The average Bonchev–Trinajstić information content (AvgIpc) is 3.44. The van der Waals surface area contributed by atoms with Crippen LogP contribution in [0.2, 0.25) is 0 Å². The summed E-state index contributed by atoms with van der Waals surface area (Å²) in [7, 11) is 0. The number of carbonyl (C=O) groups excluding carboxylic acids is 1. The summed E-state index contributed by atoms with van der Waals surface area (Å²) in [6, 6.07) is 17.6. The molecule has 1 fully saturated rings. The van der Waals surface area contributed by atoms with Gasteiger partial charge in [-0.15, -0.1) is 21.5 Å². The van der Waals surface area contributed by atoms with Crippen LogP contribution in [-0.2, 0) is 0 Å². The second-order valence-electron chi connectivity index (χ2n) is 7.49. The first-order valence-electron chi connectivity index (χ1n) is 10.0. The van der Waals surface area contributed by atoms with Crippen LogP contribution >= 0.6 is 11.3 Å². The molecule has 0 aliphatic carbocycles. The highest BCUT2D eigenvalue weighted by atomic mass is 32.1. The Kier molecular flexibility index (Phi) is 4.88. The number of nitrogens with zero attached hydrogens (tertiary/aromatic N) is 4. The molecule has 1 amide bonds. The Labute approximate surface area is 178 Å². The first kappa shape index (κ1) is 18.7. The fourth-order valence-corrected chi connectivity index (χ4v) is 4.68. The predicted molar refractivity (Wildman–Crippen MR) is 121 cm³/mol. The van der Waals surface area contributed by atoms with E-state index in [1.165, 1.54) is 23.1 Å². The number of carbonyl (C=O) groups is 1. The lowest BCUT2D eigenvalue weighted by Gasteiger charge is -2.15. The maximum Gasteiger partial charge on any atom is 0.276 e. The standard InChI is InChI=1S/C23H21N5OS/c1-15-4-9-18-20(14-15)30-23(25-18)16-5-7-17(8-6-16)24-22(29)19-10-11-21(27-26-19)28-12-2-3-13-28/h4-11,14H,2-3,12-13H2,1H3,(H,24,29). The van der Waals surface area contributed by atoms with Crippen LogP contribution < -0.4 is 10.2 Å². The summed E-state index contributed by atoms with van der Waals surface area (Å²) in [4.78, 5) is 19.4. The molecule has 0 saturated carbocycles. The van der Waals surface area contributed by atoms with Crippen molar-refractivity contribution in [2.75, 3.05) is 23.3 Å². The number of anilines is 2. The SMILES string of the molecule is Cc1ccc2nc(-c3ccc(NC(=O)c4ccc(N5CCCC5)nn4)cc3)sc2c1. The Hall–Kier alpha value is -3.32. The van der Waals surface area contributed by atoms with Crippen LogP contribution in [0.1, 0.15) is 28.9 Å². The van der Waals surface area contributed by atoms with Gasteiger partial charge in [-0.25, -0.2) is 4.98 Å². The Morgan fingerprint density at radius 3 is 2.53 bits per heavy atom. The van der Waals surface area contributed by atoms with Crippen molar-refractivity contribution in [2.24, 2.45) is 0 Å². The van der Waals surface area contributed by atoms with Gasteiger partial charge in [-0.2, -0.15) is 0 Å². The van der Waals surface area contributed by atoms with Gasteiger partial charge in [0.05, 0.1) is 10.2 Å². The van der Waals surface area contributed by atoms with E-state index in [0.29, 0.717) is 11.4 Å². The van der Waals surface area contributed by atoms with Crippen molar-refractivity contribution in [3.8, 4) is 10.6 Å². The van der Waals surface area contributed by atoms with Gasteiger partial charge in [0.25, 0.3) is 5.91 Å². The smallest absolute Gasteiger partial charge is 0.276 e. The fourth-order valence-electron chi connectivity index (χ4n) is 3.61. The highest BCUT2D eigenvalue weighted by Gasteiger charge is 2.15. The average molecular weight is 416 g/mol. The number of hydrogen-bond acceptors (Lipinski definition) is 6. The van der Waals surface area contributed by atoms with Gasteiger partial charge in [0, 0.05) is 24.3 Å². The van der Waals surface area contributed by atoms with E-state index in [2.05, 4.69) is 45.5 Å². The summed E-state index contributed by atoms with van der Waals surface area (Å²) in [5.41, 5.74) is 4.29. The zero-order valence-electron chi connectivity index (χ0n) is 16.6. The molecule has 2 aromatic carbocycles. The lowest BCUT2D eigenvalue weighted by atomic mass is 10.2. The molecule has 2 aromatic heterocycles. The van der Waals surface area contributed by atoms with Crippen LogP contribution in [0.4, 0.5) is 11.5 Å². The van der Waals surface area contributed by atoms with Crippen LogP contribution in [-0.4, -0.2) is 34.2 Å². The van der Waals surface area contributed by atoms with E-state index < -0.39 is 0 Å². The van der Waals surface area contributed by atoms with Crippen LogP contribution in [0.5, 0.6) is 0 Å². The third-order valence-corrected chi connectivity index (χ3v) is 6.31. The lowest BCUT2D eigenvalue weighted by molar-refractivity contribution is 0.102. The molecule has 5 rings (SSSR count). The first-order valence-corrected chi connectivity index (χ1v) is 10.8. The van der Waals surface area contributed by atoms with Crippen LogP contribution in [0.15, 0.2) is 54.6 Å². The molecule has 6 nitrogen and oxygen atoms in total. The number of thiazole rings is 1. The number of aryl methyl sites for hydroxylation is 1. The van der Waals surface area contributed by atoms with E-state index >= 15 is 0 Å². The molecular formula is C23H21N5OS. The Balaban J connectivity index is 1.28. The Morgan fingerprint density at radius 1 is 1.00 bits per heavy atom. The maximum absolute atomic E-state index is 12.5. The molecule has 1 aliphatic heterocycles. The second-order valence-corrected chi connectivity index (χ2v) is 8.52. The third kappa shape index (κ3) is 3.76. The number of benzene rings is 2. The third-order valence-electron chi connectivity index (χ3n) is 5.25. The highest BCUT2D eigenvalue weighted by molar-refractivity contribution is 7.21. The van der Waals surface area contributed by atoms with Gasteiger partial charge in [-0.05, 0) is 73.9 Å². The van der Waals surface area contributed by atoms with E-state index in [9.17, 15) is 4.79 Å². The molecule has 0 atom stereocenters. The second kappa shape index (κ2) is 7.84. The predicted octanol–water partition coefficient (Wildman–Crippen LogP) is 4.91. The van der Waals surface area contributed by atoms with Gasteiger partial charge in [-0.1, -0.05) is 6.07 Å². The zero-order valence-corrected chi connectivity index (χ0v) is 17.4. The van der Waals surface area contributed by atoms with E-state index in [-0.39, 0.29) is 5.91 Å². The molecule has 4 aromatic rings. The van der Waals surface area contributed by atoms with Gasteiger partial charge in [-0.3, -0.25) is 4.79 Å². The molecule has 0 unspecified atom stereocenters. The topological polar surface area (TPSA) is 71.0 Å². The van der Waals surface area contributed by atoms with Crippen molar-refractivity contribution in [2.45, 2.75) is 19.8 Å². The molecule has 30 heavy (non-hydrogen) atoms. The van der Waals surface area contributed by atoms with Gasteiger partial charge >= 0.3 is 0 Å². The number of nitrogens with one attached hydrogen (secondary N) is 1. The Bertz CT molecular complexity index is 1190. The van der Waals surface area contributed by atoms with Crippen LogP contribution in [0.3, 0.4) is 0 Å². The largest absolute Gasteiger partial charge is 0.355 e. The summed E-state index contributed by atoms with van der Waals surface area (Å²) in [6.07, 6.45) is 2.35. The maximum atomic E-state index is 12.5. The molecule has 1 saturated heterocycles. The molecular weight excluding hydrogens is 394 g/mol. The van der Waals surface area contributed by atoms with Crippen molar-refractivity contribution in [1.82, 2.24) is 15.2 Å². The number of rotatable bonds is 4. The summed E-state index contributed by atoms with van der Waals surface area (Å²) in [5.74, 6) is 0.568. The van der Waals surface area contributed by atoms with Gasteiger partial charge in [0.15, 0.2) is 11.5 Å². The molecule has 7 heteroatoms.